The smallest absolute Gasteiger partial charge is 0.0543 e. The Morgan fingerprint density at radius 2 is 1.44 bits per heavy atom. The van der Waals surface area contributed by atoms with E-state index in [1.54, 1.807) is 0 Å². The monoisotopic (exact) mass is 673 g/mol. The van der Waals surface area contributed by atoms with E-state index >= 15 is 0 Å². The first kappa shape index (κ1) is 34.5. The maximum atomic E-state index is 3.97. The van der Waals surface area contributed by atoms with E-state index < -0.39 is 0 Å². The largest absolute Gasteiger partial charge is 0.310 e. The summed E-state index contributed by atoms with van der Waals surface area (Å²) in [6, 6.07) is 36.4. The zero-order valence-electron chi connectivity index (χ0n) is 30.6. The van der Waals surface area contributed by atoms with Crippen molar-refractivity contribution in [1.82, 2.24) is 0 Å². The Kier molecular flexibility index (Phi) is 10.6. The Morgan fingerprint density at radius 3 is 2.19 bits per heavy atom. The number of fused-ring (bicyclic) bond motifs is 3. The van der Waals surface area contributed by atoms with Crippen molar-refractivity contribution in [3.05, 3.63) is 198 Å². The third-order valence-corrected chi connectivity index (χ3v) is 10.1. The van der Waals surface area contributed by atoms with Gasteiger partial charge in [-0.15, -0.1) is 0 Å². The average Bonchev–Trinajstić information content (AvgIpc) is 3.20. The molecular weight excluding hydrogens is 627 g/mol. The van der Waals surface area contributed by atoms with Crippen molar-refractivity contribution in [2.24, 2.45) is 0 Å². The number of anilines is 3. The molecule has 0 aliphatic heterocycles. The van der Waals surface area contributed by atoms with Crippen LogP contribution in [0.1, 0.15) is 67.9 Å². The van der Waals surface area contributed by atoms with Crippen molar-refractivity contribution < 1.29 is 0 Å². The topological polar surface area (TPSA) is 3.24 Å². The highest BCUT2D eigenvalue weighted by Crippen LogP contribution is 2.45. The van der Waals surface area contributed by atoms with Crippen LogP contribution in [-0.4, -0.2) is 0 Å². The van der Waals surface area contributed by atoms with Gasteiger partial charge in [0, 0.05) is 16.8 Å². The van der Waals surface area contributed by atoms with Crippen LogP contribution in [0.5, 0.6) is 0 Å². The molecule has 0 saturated carbocycles. The molecule has 5 aromatic rings. The summed E-state index contributed by atoms with van der Waals surface area (Å²) in [5, 5.41) is 2.55. The van der Waals surface area contributed by atoms with Gasteiger partial charge in [-0.05, 0) is 144 Å². The number of benzene rings is 5. The number of rotatable bonds is 10. The number of allylic oxidation sites excluding steroid dienone is 14. The number of aryl methyl sites for hydroxylation is 1. The molecular formula is C51H47N. The quantitative estimate of drug-likeness (QED) is 0.133. The predicted octanol–water partition coefficient (Wildman–Crippen LogP) is 14.8. The molecule has 0 N–H and O–H groups in total. The van der Waals surface area contributed by atoms with Gasteiger partial charge in [0.15, 0.2) is 0 Å². The second-order valence-corrected chi connectivity index (χ2v) is 13.4. The highest BCUT2D eigenvalue weighted by atomic mass is 15.1. The summed E-state index contributed by atoms with van der Waals surface area (Å²) >= 11 is 0. The Bertz CT molecular complexity index is 2330. The molecule has 0 aromatic heterocycles. The van der Waals surface area contributed by atoms with Gasteiger partial charge in [-0.25, -0.2) is 0 Å². The van der Waals surface area contributed by atoms with E-state index in [0.717, 1.165) is 42.6 Å². The van der Waals surface area contributed by atoms with Crippen molar-refractivity contribution in [2.75, 3.05) is 4.90 Å². The molecule has 0 unspecified atom stereocenters. The molecule has 1 heteroatoms. The molecule has 0 heterocycles. The van der Waals surface area contributed by atoms with Crippen LogP contribution in [0.4, 0.5) is 17.1 Å². The molecule has 5 aromatic carbocycles. The average molecular weight is 674 g/mol. The molecule has 2 aliphatic carbocycles. The minimum atomic E-state index is 1.01. The predicted molar refractivity (Wildman–Crippen MR) is 229 cm³/mol. The molecule has 256 valence electrons. The molecule has 0 amide bonds. The van der Waals surface area contributed by atoms with Gasteiger partial charge in [-0.1, -0.05) is 140 Å². The van der Waals surface area contributed by atoms with Crippen LogP contribution in [0.2, 0.25) is 0 Å². The summed E-state index contributed by atoms with van der Waals surface area (Å²) < 4.78 is 0. The summed E-state index contributed by atoms with van der Waals surface area (Å²) in [6.45, 7) is 10.2. The van der Waals surface area contributed by atoms with Crippen LogP contribution in [0, 0.1) is 0 Å². The van der Waals surface area contributed by atoms with Crippen molar-refractivity contribution in [3.8, 4) is 11.1 Å². The highest BCUT2D eigenvalue weighted by Gasteiger charge is 2.22. The molecule has 7 rings (SSSR count). The van der Waals surface area contributed by atoms with Gasteiger partial charge in [0.25, 0.3) is 0 Å². The SMILES string of the molecule is C=C/C=C(\C=C/C)c1cccc(-c2ccc(N(c3ccc(C(/C=C\C)=C/C)cc3)c3cc4c(c5ccccc35)C=CCC4)cc2C2=CC=CCC2)c1. The van der Waals surface area contributed by atoms with Crippen LogP contribution < -0.4 is 4.90 Å². The third kappa shape index (κ3) is 7.00. The van der Waals surface area contributed by atoms with E-state index in [4.69, 9.17) is 0 Å². The van der Waals surface area contributed by atoms with Gasteiger partial charge in [0.05, 0.1) is 5.69 Å². The van der Waals surface area contributed by atoms with Crippen LogP contribution >= 0.6 is 0 Å². The Hall–Kier alpha value is -5.92. The van der Waals surface area contributed by atoms with E-state index in [2.05, 4.69) is 196 Å². The lowest BCUT2D eigenvalue weighted by atomic mass is 9.88. The Balaban J connectivity index is 1.46. The van der Waals surface area contributed by atoms with E-state index in [1.807, 2.05) is 6.08 Å². The minimum Gasteiger partial charge on any atom is -0.310 e. The lowest BCUT2D eigenvalue weighted by Crippen LogP contribution is -2.13. The van der Waals surface area contributed by atoms with Crippen molar-refractivity contribution in [2.45, 2.75) is 46.5 Å². The molecule has 0 atom stereocenters. The maximum absolute atomic E-state index is 3.97. The summed E-state index contributed by atoms with van der Waals surface area (Å²) in [7, 11) is 0. The molecule has 0 fully saturated rings. The van der Waals surface area contributed by atoms with E-state index in [0.29, 0.717) is 0 Å². The lowest BCUT2D eigenvalue weighted by Gasteiger charge is -2.30. The van der Waals surface area contributed by atoms with Crippen molar-refractivity contribution in [3.63, 3.8) is 0 Å². The molecule has 0 bridgehead atoms. The Morgan fingerprint density at radius 1 is 0.673 bits per heavy atom. The second kappa shape index (κ2) is 16.0. The molecule has 0 saturated heterocycles. The summed E-state index contributed by atoms with van der Waals surface area (Å²) in [5.74, 6) is 0. The van der Waals surface area contributed by atoms with Crippen LogP contribution in [0.3, 0.4) is 0 Å². The second-order valence-electron chi connectivity index (χ2n) is 13.4. The fourth-order valence-electron chi connectivity index (χ4n) is 7.67. The number of hydrogen-bond donors (Lipinski definition) is 0. The van der Waals surface area contributed by atoms with Gasteiger partial charge in [0.1, 0.15) is 0 Å². The van der Waals surface area contributed by atoms with E-state index in [1.165, 1.54) is 66.6 Å². The molecule has 2 aliphatic rings. The molecule has 0 radical (unpaired) electrons. The first-order valence-corrected chi connectivity index (χ1v) is 18.6. The van der Waals surface area contributed by atoms with Gasteiger partial charge in [0.2, 0.25) is 0 Å². The first-order chi connectivity index (χ1) is 25.6. The summed E-state index contributed by atoms with van der Waals surface area (Å²) in [5.41, 5.74) is 16.1. The molecule has 52 heavy (non-hydrogen) atoms. The zero-order chi connectivity index (χ0) is 35.9. The number of nitrogens with zero attached hydrogens (tertiary/aromatic N) is 1. The summed E-state index contributed by atoms with van der Waals surface area (Å²) in [6.07, 6.45) is 30.2. The van der Waals surface area contributed by atoms with Gasteiger partial charge in [-0.3, -0.25) is 0 Å². The van der Waals surface area contributed by atoms with E-state index in [-0.39, 0.29) is 0 Å². The lowest BCUT2D eigenvalue weighted by molar-refractivity contribution is 0.989. The van der Waals surface area contributed by atoms with Gasteiger partial charge < -0.3 is 4.90 Å². The summed E-state index contributed by atoms with van der Waals surface area (Å²) in [4.78, 5) is 2.48. The van der Waals surface area contributed by atoms with Crippen LogP contribution in [0.15, 0.2) is 170 Å². The van der Waals surface area contributed by atoms with Gasteiger partial charge >= 0.3 is 0 Å². The maximum Gasteiger partial charge on any atom is 0.0543 e. The van der Waals surface area contributed by atoms with Crippen LogP contribution in [0.25, 0.3) is 44.7 Å². The first-order valence-electron chi connectivity index (χ1n) is 18.6. The van der Waals surface area contributed by atoms with Gasteiger partial charge in [-0.2, -0.15) is 0 Å². The fourth-order valence-corrected chi connectivity index (χ4v) is 7.67. The van der Waals surface area contributed by atoms with Crippen molar-refractivity contribution >= 4 is 50.6 Å². The molecule has 0 spiro atoms. The fraction of sp³-hybridized carbons (Fsp3) is 0.137. The van der Waals surface area contributed by atoms with Crippen LogP contribution in [-0.2, 0) is 6.42 Å². The van der Waals surface area contributed by atoms with Crippen molar-refractivity contribution in [1.29, 1.82) is 0 Å². The van der Waals surface area contributed by atoms with E-state index in [9.17, 15) is 0 Å². The normalized spacial score (nSPS) is 14.6. The third-order valence-electron chi connectivity index (χ3n) is 10.1. The minimum absolute atomic E-state index is 1.01. The molecule has 1 nitrogen and oxygen atoms in total. The zero-order valence-corrected chi connectivity index (χ0v) is 30.6. The number of hydrogen-bond acceptors (Lipinski definition) is 1. The standard InChI is InChI=1S/C51H47N/c1-5-17-37(8-4)39-28-30-44(31-29-39)52(51-35-43-22-12-13-25-46(43)48-26-14-15-27-49(48)51)45-32-33-47(50(36-45)40-20-10-9-11-21-40)42-24-16-23-41(34-42)38(18-6-2)19-7-3/h5-10,13-20,23-36H,2,11-12,21-22H2,1,3-4H3/b17-5-,19-7-,37-8+,38-18+. The highest BCUT2D eigenvalue weighted by molar-refractivity contribution is 6.04. The Labute approximate surface area is 310 Å².